The Bertz CT molecular complexity index is 412. The summed E-state index contributed by atoms with van der Waals surface area (Å²) in [6.45, 7) is 9.13. The zero-order valence-corrected chi connectivity index (χ0v) is 28.8. The van der Waals surface area contributed by atoms with E-state index in [4.69, 9.17) is 14.4 Å². The quantitative estimate of drug-likeness (QED) is 0.0545. The van der Waals surface area contributed by atoms with Crippen molar-refractivity contribution in [3.8, 4) is 0 Å². The van der Waals surface area contributed by atoms with E-state index in [0.29, 0.717) is 0 Å². The molecule has 0 aromatic heterocycles. The molecule has 0 aliphatic rings. The molecule has 0 unspecified atom stereocenters. The zero-order valence-electron chi connectivity index (χ0n) is 27.9. The van der Waals surface area contributed by atoms with Crippen LogP contribution in [-0.4, -0.2) is 9.79 Å². The largest absolute Gasteiger partial charge is 0.692 e. The van der Waals surface area contributed by atoms with E-state index >= 15 is 0 Å². The van der Waals surface area contributed by atoms with Crippen LogP contribution in [-0.2, 0) is 4.57 Å². The second-order valence-electron chi connectivity index (χ2n) is 11.4. The van der Waals surface area contributed by atoms with Crippen molar-refractivity contribution < 1.29 is 14.4 Å². The van der Waals surface area contributed by atoms with Crippen LogP contribution in [0.5, 0.6) is 0 Å². The van der Waals surface area contributed by atoms with Crippen LogP contribution >= 0.6 is 8.25 Å². The standard InChI is InChI=1S/2C18H36.HO3P/c2*1-3-5-7-9-11-13-15-17-18-16-14-12-10-8-6-4-2;1-4(2)3/h2*17-18H,3-16H2,1-2H3;(H-,1,2,3)/p+1/b2*18-17-;. The molecule has 0 spiro atoms. The Hall–Kier alpha value is -0.500. The summed E-state index contributed by atoms with van der Waals surface area (Å²) in [6.07, 6.45) is 48.9. The molecule has 0 heterocycles. The third-order valence-corrected chi connectivity index (χ3v) is 7.23. The van der Waals surface area contributed by atoms with E-state index in [1.807, 2.05) is 0 Å². The Balaban J connectivity index is -0.000000603. The Morgan fingerprint density at radius 3 is 0.675 bits per heavy atom. The minimum atomic E-state index is -2.87. The minimum absolute atomic E-state index is 1.31. The molecule has 3 nitrogen and oxygen atoms in total. The van der Waals surface area contributed by atoms with Gasteiger partial charge in [-0.05, 0) is 51.4 Å². The molecule has 0 aliphatic heterocycles. The van der Waals surface area contributed by atoms with Gasteiger partial charge < -0.3 is 0 Å². The van der Waals surface area contributed by atoms with Gasteiger partial charge in [0.15, 0.2) is 0 Å². The average molecular weight is 586 g/mol. The Labute approximate surface area is 254 Å². The van der Waals surface area contributed by atoms with Gasteiger partial charge in [0.2, 0.25) is 0 Å². The van der Waals surface area contributed by atoms with Gasteiger partial charge in [0.25, 0.3) is 0 Å². The number of rotatable bonds is 28. The van der Waals surface area contributed by atoms with Gasteiger partial charge in [0.1, 0.15) is 0 Å². The summed E-state index contributed by atoms with van der Waals surface area (Å²) in [7, 11) is -2.87. The molecule has 0 saturated heterocycles. The molecule has 0 atom stereocenters. The number of hydrogen-bond donors (Lipinski definition) is 2. The highest BCUT2D eigenvalue weighted by molar-refractivity contribution is 7.30. The fourth-order valence-electron chi connectivity index (χ4n) is 4.64. The molecule has 240 valence electrons. The van der Waals surface area contributed by atoms with Crippen LogP contribution < -0.4 is 0 Å². The van der Waals surface area contributed by atoms with Crippen LogP contribution in [0.25, 0.3) is 0 Å². The monoisotopic (exact) mass is 586 g/mol. The number of hydrogen-bond acceptors (Lipinski definition) is 1. The molecule has 0 fully saturated rings. The first-order valence-corrected chi connectivity index (χ1v) is 18.9. The van der Waals surface area contributed by atoms with Crippen molar-refractivity contribution in [2.45, 2.75) is 207 Å². The maximum atomic E-state index is 8.70. The van der Waals surface area contributed by atoms with Crippen LogP contribution in [0.3, 0.4) is 0 Å². The lowest BCUT2D eigenvalue weighted by molar-refractivity contribution is 0.405. The highest BCUT2D eigenvalue weighted by Crippen LogP contribution is 2.11. The van der Waals surface area contributed by atoms with Crippen LogP contribution in [0.1, 0.15) is 207 Å². The molecule has 0 radical (unpaired) electrons. The Morgan fingerprint density at radius 1 is 0.350 bits per heavy atom. The second-order valence-corrected chi connectivity index (χ2v) is 11.9. The highest BCUT2D eigenvalue weighted by Gasteiger charge is 1.93. The molecule has 0 aromatic carbocycles. The Morgan fingerprint density at radius 2 is 0.500 bits per heavy atom. The van der Waals surface area contributed by atoms with Crippen molar-refractivity contribution in [2.75, 3.05) is 0 Å². The first kappa shape index (κ1) is 43.9. The van der Waals surface area contributed by atoms with Gasteiger partial charge in [0, 0.05) is 4.57 Å². The van der Waals surface area contributed by atoms with E-state index in [1.54, 1.807) is 0 Å². The van der Waals surface area contributed by atoms with Gasteiger partial charge in [0.05, 0.1) is 0 Å². The summed E-state index contributed by atoms with van der Waals surface area (Å²) >= 11 is 0. The molecule has 4 heteroatoms. The number of unbranched alkanes of at least 4 members (excludes halogenated alkanes) is 24. The fourth-order valence-corrected chi connectivity index (χ4v) is 4.64. The summed E-state index contributed by atoms with van der Waals surface area (Å²) in [4.78, 5) is 14.2. The van der Waals surface area contributed by atoms with Crippen LogP contribution in [0.4, 0.5) is 0 Å². The van der Waals surface area contributed by atoms with Gasteiger partial charge >= 0.3 is 8.25 Å². The SMILES string of the molecule is CCCCCCCC/C=C\CCCCCCCC.CCCCCCCC/C=C\CCCCCCCC.O=[P+](O)O. The van der Waals surface area contributed by atoms with Gasteiger partial charge in [-0.2, -0.15) is 0 Å². The van der Waals surface area contributed by atoms with E-state index in [1.165, 1.54) is 180 Å². The Kier molecular flexibility index (Phi) is 50.0. The fraction of sp³-hybridized carbons (Fsp3) is 0.889. The first-order chi connectivity index (χ1) is 19.6. The summed E-state index contributed by atoms with van der Waals surface area (Å²) in [5, 5.41) is 0. The highest BCUT2D eigenvalue weighted by atomic mass is 31.1. The molecular formula is C36H74O3P+. The second kappa shape index (κ2) is 45.5. The lowest BCUT2D eigenvalue weighted by Gasteiger charge is -1.98. The smallest absolute Gasteiger partial charge is 0.134 e. The van der Waals surface area contributed by atoms with Crippen molar-refractivity contribution in [1.82, 2.24) is 0 Å². The van der Waals surface area contributed by atoms with Crippen LogP contribution in [0.15, 0.2) is 24.3 Å². The molecule has 0 saturated carbocycles. The number of allylic oxidation sites excluding steroid dienone is 4. The maximum absolute atomic E-state index is 8.70. The topological polar surface area (TPSA) is 57.5 Å². The van der Waals surface area contributed by atoms with Crippen molar-refractivity contribution in [2.24, 2.45) is 0 Å². The molecular weight excluding hydrogens is 511 g/mol. The summed E-state index contributed by atoms with van der Waals surface area (Å²) in [5.41, 5.74) is 0. The molecule has 0 aromatic rings. The molecule has 0 bridgehead atoms. The third kappa shape index (κ3) is 57.4. The molecule has 40 heavy (non-hydrogen) atoms. The lowest BCUT2D eigenvalue weighted by atomic mass is 10.1. The van der Waals surface area contributed by atoms with E-state index in [0.717, 1.165) is 0 Å². The first-order valence-electron chi connectivity index (χ1n) is 17.7. The van der Waals surface area contributed by atoms with Gasteiger partial charge in [-0.3, -0.25) is 0 Å². The van der Waals surface area contributed by atoms with Gasteiger partial charge in [-0.15, -0.1) is 9.79 Å². The van der Waals surface area contributed by atoms with Crippen LogP contribution in [0.2, 0.25) is 0 Å². The van der Waals surface area contributed by atoms with Gasteiger partial charge in [-0.1, -0.05) is 180 Å². The molecule has 0 rings (SSSR count). The van der Waals surface area contributed by atoms with E-state index in [9.17, 15) is 0 Å². The normalized spacial score (nSPS) is 10.9. The van der Waals surface area contributed by atoms with Crippen molar-refractivity contribution in [3.63, 3.8) is 0 Å². The van der Waals surface area contributed by atoms with Gasteiger partial charge in [-0.25, -0.2) is 0 Å². The average Bonchev–Trinajstić information content (AvgIpc) is 2.93. The minimum Gasteiger partial charge on any atom is -0.134 e. The molecule has 0 amide bonds. The maximum Gasteiger partial charge on any atom is 0.692 e. The lowest BCUT2D eigenvalue weighted by Crippen LogP contribution is -1.79. The zero-order chi connectivity index (χ0) is 30.2. The third-order valence-electron chi connectivity index (χ3n) is 7.23. The summed E-state index contributed by atoms with van der Waals surface area (Å²) < 4.78 is 8.70. The predicted molar refractivity (Wildman–Crippen MR) is 182 cm³/mol. The van der Waals surface area contributed by atoms with Crippen molar-refractivity contribution in [3.05, 3.63) is 24.3 Å². The summed E-state index contributed by atoms with van der Waals surface area (Å²) in [5.74, 6) is 0. The van der Waals surface area contributed by atoms with E-state index in [-0.39, 0.29) is 0 Å². The van der Waals surface area contributed by atoms with Crippen molar-refractivity contribution >= 4 is 8.25 Å². The van der Waals surface area contributed by atoms with E-state index < -0.39 is 8.25 Å². The molecule has 2 N–H and O–H groups in total. The van der Waals surface area contributed by atoms with Crippen molar-refractivity contribution in [1.29, 1.82) is 0 Å². The summed E-state index contributed by atoms with van der Waals surface area (Å²) in [6, 6.07) is 0. The van der Waals surface area contributed by atoms with Crippen LogP contribution in [0, 0.1) is 0 Å². The van der Waals surface area contributed by atoms with E-state index in [2.05, 4.69) is 52.0 Å². The predicted octanol–water partition coefficient (Wildman–Crippen LogP) is 13.7. The molecule has 0 aliphatic carbocycles.